The van der Waals surface area contributed by atoms with E-state index in [0.29, 0.717) is 12.0 Å². The second-order valence-corrected chi connectivity index (χ2v) is 10.5. The zero-order valence-electron chi connectivity index (χ0n) is 23.4. The summed E-state index contributed by atoms with van der Waals surface area (Å²) in [7, 11) is 1.74. The number of aryl methyl sites for hydroxylation is 3. The quantitative estimate of drug-likeness (QED) is 0.421. The van der Waals surface area contributed by atoms with E-state index in [-0.39, 0.29) is 17.8 Å². The molecule has 0 saturated carbocycles. The number of benzene rings is 1. The molecule has 4 rings (SSSR count). The monoisotopic (exact) mass is 523 g/mol. The zero-order valence-corrected chi connectivity index (χ0v) is 23.4. The van der Waals surface area contributed by atoms with Crippen molar-refractivity contribution in [2.24, 2.45) is 4.99 Å². The van der Waals surface area contributed by atoms with Crippen molar-refractivity contribution in [1.82, 2.24) is 19.8 Å². The average Bonchev–Trinajstić information content (AvgIpc) is 3.33. The van der Waals surface area contributed by atoms with Crippen LogP contribution in [0.2, 0.25) is 0 Å². The summed E-state index contributed by atoms with van der Waals surface area (Å²) in [5.74, 6) is 1.84. The van der Waals surface area contributed by atoms with Gasteiger partial charge in [-0.25, -0.2) is 14.4 Å². The molecule has 206 valence electrons. The molecule has 2 aromatic rings. The summed E-state index contributed by atoms with van der Waals surface area (Å²) >= 11 is 0. The molecule has 8 heteroatoms. The van der Waals surface area contributed by atoms with Crippen LogP contribution in [0, 0.1) is 12.7 Å². The van der Waals surface area contributed by atoms with Crippen LogP contribution in [0.4, 0.5) is 4.39 Å². The van der Waals surface area contributed by atoms with Crippen molar-refractivity contribution in [2.75, 3.05) is 33.3 Å². The summed E-state index contributed by atoms with van der Waals surface area (Å²) < 4.78 is 19.4. The molecule has 0 aliphatic carbocycles. The first-order valence-corrected chi connectivity index (χ1v) is 14.0. The molecular weight excluding hydrogens is 481 g/mol. The highest BCUT2D eigenvalue weighted by molar-refractivity contribution is 5.85. The van der Waals surface area contributed by atoms with Gasteiger partial charge in [0.1, 0.15) is 17.5 Å². The van der Waals surface area contributed by atoms with Gasteiger partial charge in [0.25, 0.3) is 0 Å². The number of aromatic amines is 1. The Bertz CT molecular complexity index is 1160. The number of unbranched alkanes of at least 4 members (excludes halogenated alkanes) is 2. The van der Waals surface area contributed by atoms with Crippen molar-refractivity contribution < 1.29 is 13.9 Å². The van der Waals surface area contributed by atoms with Crippen LogP contribution in [0.1, 0.15) is 69.3 Å². The molecule has 38 heavy (non-hydrogen) atoms. The van der Waals surface area contributed by atoms with Gasteiger partial charge in [0.05, 0.1) is 11.8 Å². The van der Waals surface area contributed by atoms with Crippen molar-refractivity contribution >= 4 is 11.7 Å². The zero-order chi connectivity index (χ0) is 27.1. The summed E-state index contributed by atoms with van der Waals surface area (Å²) in [6.07, 6.45) is 9.17. The van der Waals surface area contributed by atoms with E-state index in [1.54, 1.807) is 20.1 Å². The Morgan fingerprint density at radius 3 is 2.63 bits per heavy atom. The second kappa shape index (κ2) is 13.2. The van der Waals surface area contributed by atoms with E-state index >= 15 is 0 Å². The molecule has 1 N–H and O–H groups in total. The lowest BCUT2D eigenvalue weighted by Gasteiger charge is -2.38. The predicted octanol–water partition coefficient (Wildman–Crippen LogP) is 5.44. The number of H-pyrrole nitrogens is 1. The van der Waals surface area contributed by atoms with Gasteiger partial charge in [0, 0.05) is 63.6 Å². The number of aromatic nitrogens is 2. The highest BCUT2D eigenvalue weighted by atomic mass is 19.1. The number of carbonyl (C=O) groups is 1. The number of piperazine rings is 1. The van der Waals surface area contributed by atoms with Gasteiger partial charge in [-0.3, -0.25) is 4.79 Å². The SMILES string of the molecule is CCCCCc1nc(-c2ccc(F)c(C)c2)[nH]c1CCCC(=O)N1CCN(C2=NC=C(C)C(OC)C2)CC1. The predicted molar refractivity (Wildman–Crippen MR) is 150 cm³/mol. The van der Waals surface area contributed by atoms with Crippen LogP contribution in [0.15, 0.2) is 35.0 Å². The largest absolute Gasteiger partial charge is 0.377 e. The van der Waals surface area contributed by atoms with Crippen LogP contribution in [-0.4, -0.2) is 70.9 Å². The first-order chi connectivity index (χ1) is 18.4. The van der Waals surface area contributed by atoms with Gasteiger partial charge in [-0.1, -0.05) is 19.8 Å². The molecule has 1 atom stereocenters. The third-order valence-electron chi connectivity index (χ3n) is 7.71. The van der Waals surface area contributed by atoms with E-state index in [9.17, 15) is 9.18 Å². The standard InChI is InChI=1S/C30H42FN5O2/c1-5-6-7-9-25-26(34-30(33-25)23-12-13-24(31)21(2)18-23)10-8-11-29(37)36-16-14-35(15-17-36)28-19-27(38-4)22(3)20-32-28/h12-13,18,20,27H,5-11,14-17,19H2,1-4H3,(H,33,34). The Kier molecular flexibility index (Phi) is 9.72. The molecule has 2 aliphatic heterocycles. The second-order valence-electron chi connectivity index (χ2n) is 10.5. The maximum Gasteiger partial charge on any atom is 0.222 e. The third kappa shape index (κ3) is 6.90. The van der Waals surface area contributed by atoms with E-state index in [2.05, 4.69) is 21.8 Å². The van der Waals surface area contributed by atoms with Crippen molar-refractivity contribution in [2.45, 2.75) is 78.2 Å². The van der Waals surface area contributed by atoms with Gasteiger partial charge in [0.15, 0.2) is 0 Å². The number of ether oxygens (including phenoxy) is 1. The van der Waals surface area contributed by atoms with Gasteiger partial charge >= 0.3 is 0 Å². The number of halogens is 1. The molecule has 3 heterocycles. The Morgan fingerprint density at radius 1 is 1.13 bits per heavy atom. The van der Waals surface area contributed by atoms with Gasteiger partial charge < -0.3 is 19.5 Å². The highest BCUT2D eigenvalue weighted by Crippen LogP contribution is 2.24. The van der Waals surface area contributed by atoms with E-state index in [1.807, 2.05) is 24.1 Å². The molecule has 1 aromatic carbocycles. The topological polar surface area (TPSA) is 73.8 Å². The Labute approximate surface area is 226 Å². The molecule has 0 radical (unpaired) electrons. The minimum absolute atomic E-state index is 0.0871. The van der Waals surface area contributed by atoms with E-state index in [0.717, 1.165) is 105 Å². The number of nitrogens with zero attached hydrogens (tertiary/aromatic N) is 4. The maximum atomic E-state index is 13.8. The lowest BCUT2D eigenvalue weighted by Crippen LogP contribution is -2.51. The summed E-state index contributed by atoms with van der Waals surface area (Å²) in [6, 6.07) is 5.11. The van der Waals surface area contributed by atoms with E-state index in [4.69, 9.17) is 9.72 Å². The van der Waals surface area contributed by atoms with Crippen LogP contribution >= 0.6 is 0 Å². The van der Waals surface area contributed by atoms with Crippen LogP contribution in [0.25, 0.3) is 11.4 Å². The number of hydrogen-bond acceptors (Lipinski definition) is 5. The lowest BCUT2D eigenvalue weighted by molar-refractivity contribution is -0.132. The van der Waals surface area contributed by atoms with E-state index in [1.165, 1.54) is 6.07 Å². The number of aliphatic imine (C=N–C) groups is 1. The lowest BCUT2D eigenvalue weighted by atomic mass is 10.1. The van der Waals surface area contributed by atoms with Gasteiger partial charge in [-0.15, -0.1) is 0 Å². The minimum Gasteiger partial charge on any atom is -0.377 e. The first kappa shape index (κ1) is 28.0. The first-order valence-electron chi connectivity index (χ1n) is 14.0. The number of amidine groups is 1. The normalized spacial score (nSPS) is 18.0. The Morgan fingerprint density at radius 2 is 1.92 bits per heavy atom. The minimum atomic E-state index is -0.208. The van der Waals surface area contributed by atoms with Crippen LogP contribution in [-0.2, 0) is 22.4 Å². The molecule has 7 nitrogen and oxygen atoms in total. The molecule has 0 bridgehead atoms. The molecule has 1 fully saturated rings. The number of nitrogens with one attached hydrogen (secondary N) is 1. The summed E-state index contributed by atoms with van der Waals surface area (Å²) in [5, 5.41) is 0. The molecule has 1 saturated heterocycles. The van der Waals surface area contributed by atoms with E-state index < -0.39 is 0 Å². The van der Waals surface area contributed by atoms with Crippen LogP contribution < -0.4 is 0 Å². The van der Waals surface area contributed by atoms with Crippen molar-refractivity contribution in [3.63, 3.8) is 0 Å². The fourth-order valence-electron chi connectivity index (χ4n) is 5.24. The molecule has 2 aliphatic rings. The smallest absolute Gasteiger partial charge is 0.222 e. The number of amides is 1. The van der Waals surface area contributed by atoms with Gasteiger partial charge in [-0.05, 0) is 68.9 Å². The molecule has 1 amide bonds. The average molecular weight is 524 g/mol. The molecule has 1 aromatic heterocycles. The third-order valence-corrected chi connectivity index (χ3v) is 7.71. The highest BCUT2D eigenvalue weighted by Gasteiger charge is 2.26. The molecule has 0 spiro atoms. The summed E-state index contributed by atoms with van der Waals surface area (Å²) in [5.41, 5.74) is 4.83. The number of imidazole rings is 1. The maximum absolute atomic E-state index is 13.8. The molecule has 1 unspecified atom stereocenters. The van der Waals surface area contributed by atoms with Crippen molar-refractivity contribution in [1.29, 1.82) is 0 Å². The Hall–Kier alpha value is -3.00. The molecular formula is C30H42FN5O2. The van der Waals surface area contributed by atoms with Gasteiger partial charge in [-0.2, -0.15) is 0 Å². The summed E-state index contributed by atoms with van der Waals surface area (Å²) in [6.45, 7) is 9.06. The van der Waals surface area contributed by atoms with Crippen LogP contribution in [0.3, 0.4) is 0 Å². The van der Waals surface area contributed by atoms with Crippen molar-refractivity contribution in [3.05, 3.63) is 52.7 Å². The fraction of sp³-hybridized carbons (Fsp3) is 0.567. The number of rotatable bonds is 10. The number of hydrogen-bond donors (Lipinski definition) is 1. The Balaban J connectivity index is 1.31. The fourth-order valence-corrected chi connectivity index (χ4v) is 5.24. The summed E-state index contributed by atoms with van der Waals surface area (Å²) in [4.78, 5) is 30.2. The number of methoxy groups -OCH3 is 1. The van der Waals surface area contributed by atoms with Crippen LogP contribution in [0.5, 0.6) is 0 Å². The number of carbonyl (C=O) groups excluding carboxylic acids is 1. The van der Waals surface area contributed by atoms with Crippen molar-refractivity contribution in [3.8, 4) is 11.4 Å². The van der Waals surface area contributed by atoms with Gasteiger partial charge in [0.2, 0.25) is 5.91 Å².